The summed E-state index contributed by atoms with van der Waals surface area (Å²) < 4.78 is 26.8. The van der Waals surface area contributed by atoms with Gasteiger partial charge in [-0.05, 0) is 38.1 Å². The molecule has 10 heteroatoms. The zero-order valence-electron chi connectivity index (χ0n) is 15.0. The fourth-order valence-electron chi connectivity index (χ4n) is 2.22. The van der Waals surface area contributed by atoms with E-state index in [0.717, 1.165) is 15.7 Å². The zero-order chi connectivity index (χ0) is 19.5. The van der Waals surface area contributed by atoms with Crippen LogP contribution in [0.25, 0.3) is 0 Å². The molecule has 2 N–H and O–H groups in total. The van der Waals surface area contributed by atoms with Gasteiger partial charge in [-0.3, -0.25) is 25.1 Å². The van der Waals surface area contributed by atoms with Crippen molar-refractivity contribution >= 4 is 21.8 Å². The van der Waals surface area contributed by atoms with Crippen LogP contribution in [0.3, 0.4) is 0 Å². The topological polar surface area (TPSA) is 113 Å². The summed E-state index contributed by atoms with van der Waals surface area (Å²) in [5.74, 6) is -1.08. The number of benzene rings is 1. The van der Waals surface area contributed by atoms with E-state index >= 15 is 0 Å². The van der Waals surface area contributed by atoms with Gasteiger partial charge in [0.2, 0.25) is 10.0 Å². The van der Waals surface area contributed by atoms with E-state index in [1.807, 2.05) is 19.9 Å². The predicted octanol–water partition coefficient (Wildman–Crippen LogP) is 0.211. The SMILES string of the molecule is Cc1cc(C)n(CC(=O)NNC(=O)c2cccc(S(=O)(=O)N(C)C)c2)n1. The molecule has 1 heterocycles. The molecule has 0 spiro atoms. The second-order valence-corrected chi connectivity index (χ2v) is 8.05. The van der Waals surface area contributed by atoms with Crippen molar-refractivity contribution in [3.05, 3.63) is 47.3 Å². The third-order valence-corrected chi connectivity index (χ3v) is 5.40. The third-order valence-electron chi connectivity index (χ3n) is 3.59. The Balaban J connectivity index is 2.02. The Labute approximate surface area is 152 Å². The highest BCUT2D eigenvalue weighted by Gasteiger charge is 2.19. The number of nitrogens with one attached hydrogen (secondary N) is 2. The van der Waals surface area contributed by atoms with Gasteiger partial charge in [0.25, 0.3) is 11.8 Å². The average Bonchev–Trinajstić information content (AvgIpc) is 2.89. The summed E-state index contributed by atoms with van der Waals surface area (Å²) in [4.78, 5) is 24.1. The molecule has 1 aromatic heterocycles. The Morgan fingerprint density at radius 2 is 1.85 bits per heavy atom. The summed E-state index contributed by atoms with van der Waals surface area (Å²) in [6.45, 7) is 3.59. The monoisotopic (exact) mass is 379 g/mol. The number of aryl methyl sites for hydroxylation is 2. The molecule has 0 fully saturated rings. The first-order valence-corrected chi connectivity index (χ1v) is 9.18. The highest BCUT2D eigenvalue weighted by atomic mass is 32.2. The number of amides is 2. The van der Waals surface area contributed by atoms with Gasteiger partial charge in [0, 0.05) is 25.4 Å². The summed E-state index contributed by atoms with van der Waals surface area (Å²) in [6.07, 6.45) is 0. The van der Waals surface area contributed by atoms with Crippen LogP contribution in [0.5, 0.6) is 0 Å². The third kappa shape index (κ3) is 4.46. The Hall–Kier alpha value is -2.72. The van der Waals surface area contributed by atoms with Crippen LogP contribution < -0.4 is 10.9 Å². The summed E-state index contributed by atoms with van der Waals surface area (Å²) in [6, 6.07) is 7.40. The molecule has 0 radical (unpaired) electrons. The van der Waals surface area contributed by atoms with E-state index in [-0.39, 0.29) is 17.0 Å². The number of sulfonamides is 1. The molecule has 0 saturated carbocycles. The average molecular weight is 379 g/mol. The maximum absolute atomic E-state index is 12.2. The summed E-state index contributed by atoms with van der Waals surface area (Å²) in [5.41, 5.74) is 6.28. The van der Waals surface area contributed by atoms with Crippen LogP contribution >= 0.6 is 0 Å². The molecule has 9 nitrogen and oxygen atoms in total. The van der Waals surface area contributed by atoms with Crippen molar-refractivity contribution in [2.45, 2.75) is 25.3 Å². The second kappa shape index (κ2) is 7.67. The predicted molar refractivity (Wildman–Crippen MR) is 94.6 cm³/mol. The number of carbonyl (C=O) groups is 2. The molecule has 0 atom stereocenters. The van der Waals surface area contributed by atoms with E-state index in [1.54, 1.807) is 0 Å². The molecule has 0 saturated heterocycles. The van der Waals surface area contributed by atoms with Crippen molar-refractivity contribution in [1.82, 2.24) is 24.9 Å². The van der Waals surface area contributed by atoms with E-state index in [9.17, 15) is 18.0 Å². The standard InChI is InChI=1S/C16H21N5O4S/c1-11-8-12(2)21(19-11)10-15(22)17-18-16(23)13-6-5-7-14(9-13)26(24,25)20(3)4/h5-9H,10H2,1-4H3,(H,17,22)(H,18,23). The molecule has 26 heavy (non-hydrogen) atoms. The molecule has 2 rings (SSSR count). The van der Waals surface area contributed by atoms with Gasteiger partial charge >= 0.3 is 0 Å². The Kier molecular flexibility index (Phi) is 5.78. The minimum absolute atomic E-state index is 0.0101. The molecular formula is C16H21N5O4S. The van der Waals surface area contributed by atoms with Crippen LogP contribution in [0.1, 0.15) is 21.7 Å². The van der Waals surface area contributed by atoms with Gasteiger partial charge in [0.1, 0.15) is 6.54 Å². The minimum Gasteiger partial charge on any atom is -0.271 e. The zero-order valence-corrected chi connectivity index (χ0v) is 15.8. The quantitative estimate of drug-likeness (QED) is 0.721. The molecule has 0 bridgehead atoms. The first-order valence-electron chi connectivity index (χ1n) is 7.74. The van der Waals surface area contributed by atoms with Crippen LogP contribution in [0, 0.1) is 13.8 Å². The molecule has 1 aromatic carbocycles. The van der Waals surface area contributed by atoms with Gasteiger partial charge in [-0.2, -0.15) is 5.10 Å². The van der Waals surface area contributed by atoms with Crippen molar-refractivity contribution in [2.75, 3.05) is 14.1 Å². The summed E-state index contributed by atoms with van der Waals surface area (Å²) in [7, 11) is -0.845. The fraction of sp³-hybridized carbons (Fsp3) is 0.312. The maximum atomic E-state index is 12.2. The molecular weight excluding hydrogens is 358 g/mol. The molecule has 2 aromatic rings. The van der Waals surface area contributed by atoms with Gasteiger partial charge in [-0.25, -0.2) is 12.7 Å². The lowest BCUT2D eigenvalue weighted by Gasteiger charge is -2.12. The van der Waals surface area contributed by atoms with Crippen LogP contribution in [0.2, 0.25) is 0 Å². The van der Waals surface area contributed by atoms with Gasteiger partial charge in [0.05, 0.1) is 10.6 Å². The number of hydrazine groups is 1. The molecule has 0 unspecified atom stereocenters. The van der Waals surface area contributed by atoms with Gasteiger partial charge in [-0.1, -0.05) is 6.07 Å². The number of nitrogens with zero attached hydrogens (tertiary/aromatic N) is 3. The van der Waals surface area contributed by atoms with Crippen LogP contribution in [-0.4, -0.2) is 48.4 Å². The Morgan fingerprint density at radius 3 is 2.42 bits per heavy atom. The molecule has 0 aliphatic rings. The maximum Gasteiger partial charge on any atom is 0.269 e. The number of hydrogen-bond acceptors (Lipinski definition) is 5. The van der Waals surface area contributed by atoms with E-state index in [2.05, 4.69) is 16.0 Å². The van der Waals surface area contributed by atoms with Crippen molar-refractivity contribution in [3.8, 4) is 0 Å². The Bertz CT molecular complexity index is 934. The normalized spacial score (nSPS) is 11.4. The van der Waals surface area contributed by atoms with Gasteiger partial charge < -0.3 is 0 Å². The molecule has 140 valence electrons. The first kappa shape index (κ1) is 19.6. The van der Waals surface area contributed by atoms with Crippen molar-refractivity contribution in [3.63, 3.8) is 0 Å². The Morgan fingerprint density at radius 1 is 1.15 bits per heavy atom. The molecule has 2 amide bonds. The van der Waals surface area contributed by atoms with E-state index in [0.29, 0.717) is 0 Å². The first-order chi connectivity index (χ1) is 12.1. The number of aromatic nitrogens is 2. The lowest BCUT2D eigenvalue weighted by molar-refractivity contribution is -0.122. The smallest absolute Gasteiger partial charge is 0.269 e. The van der Waals surface area contributed by atoms with E-state index < -0.39 is 21.8 Å². The molecule has 0 aliphatic carbocycles. The van der Waals surface area contributed by atoms with E-state index in [4.69, 9.17) is 0 Å². The van der Waals surface area contributed by atoms with E-state index in [1.165, 1.54) is 43.0 Å². The molecule has 0 aliphatic heterocycles. The summed E-state index contributed by atoms with van der Waals surface area (Å²) in [5, 5.41) is 4.16. The summed E-state index contributed by atoms with van der Waals surface area (Å²) >= 11 is 0. The van der Waals surface area contributed by atoms with Crippen LogP contribution in [0.4, 0.5) is 0 Å². The van der Waals surface area contributed by atoms with Crippen molar-refractivity contribution < 1.29 is 18.0 Å². The number of hydrogen-bond donors (Lipinski definition) is 2. The largest absolute Gasteiger partial charge is 0.271 e. The second-order valence-electron chi connectivity index (χ2n) is 5.90. The van der Waals surface area contributed by atoms with Gasteiger partial charge in [-0.15, -0.1) is 0 Å². The highest BCUT2D eigenvalue weighted by molar-refractivity contribution is 7.89. The van der Waals surface area contributed by atoms with Crippen LogP contribution in [0.15, 0.2) is 35.2 Å². The lowest BCUT2D eigenvalue weighted by atomic mass is 10.2. The van der Waals surface area contributed by atoms with Crippen molar-refractivity contribution in [2.24, 2.45) is 0 Å². The highest BCUT2D eigenvalue weighted by Crippen LogP contribution is 2.14. The van der Waals surface area contributed by atoms with Gasteiger partial charge in [0.15, 0.2) is 0 Å². The number of rotatable bonds is 5. The van der Waals surface area contributed by atoms with Crippen LogP contribution in [-0.2, 0) is 21.4 Å². The number of carbonyl (C=O) groups excluding carboxylic acids is 2. The van der Waals surface area contributed by atoms with Crippen molar-refractivity contribution in [1.29, 1.82) is 0 Å². The fourth-order valence-corrected chi connectivity index (χ4v) is 3.17. The lowest BCUT2D eigenvalue weighted by Crippen LogP contribution is -2.43. The minimum atomic E-state index is -3.65.